The summed E-state index contributed by atoms with van der Waals surface area (Å²) < 4.78 is 21.9. The highest BCUT2D eigenvalue weighted by molar-refractivity contribution is 7.80. The van der Waals surface area contributed by atoms with E-state index in [9.17, 15) is 23.7 Å². The third-order valence-electron chi connectivity index (χ3n) is 3.17. The summed E-state index contributed by atoms with van der Waals surface area (Å²) in [4.78, 5) is 26.9. The fourth-order valence-electron chi connectivity index (χ4n) is 2.11. The Labute approximate surface area is 140 Å². The van der Waals surface area contributed by atoms with Gasteiger partial charge in [0.25, 0.3) is 11.3 Å². The van der Waals surface area contributed by atoms with Gasteiger partial charge < -0.3 is 0 Å². The molecule has 126 valence electrons. The van der Waals surface area contributed by atoms with Gasteiger partial charge in [0, 0.05) is 17.7 Å². The van der Waals surface area contributed by atoms with Crippen molar-refractivity contribution in [3.63, 3.8) is 0 Å². The minimum Gasteiger partial charge on any atom is -0.289 e. The predicted molar refractivity (Wildman–Crippen MR) is 89.2 cm³/mol. The Morgan fingerprint density at radius 3 is 2.38 bits per heavy atom. The molecule has 0 saturated heterocycles. The monoisotopic (exact) mass is 349 g/mol. The third kappa shape index (κ3) is 3.63. The zero-order valence-electron chi connectivity index (χ0n) is 12.9. The first-order valence-corrected chi connectivity index (χ1v) is 8.04. The van der Waals surface area contributed by atoms with Crippen LogP contribution in [-0.2, 0) is 11.3 Å². The van der Waals surface area contributed by atoms with E-state index in [0.717, 1.165) is 10.4 Å². The molecule has 0 spiro atoms. The quantitative estimate of drug-likeness (QED) is 0.371. The molecule has 0 saturated carbocycles. The van der Waals surface area contributed by atoms with Gasteiger partial charge in [-0.2, -0.15) is 0 Å². The minimum atomic E-state index is -2.52. The number of carbonyl (C=O) groups is 1. The first-order valence-electron chi connectivity index (χ1n) is 6.98. The standard InChI is InChI=1S/C15H15N3O5S/c1-10(2)17(24(22)23)15-13(18(20)21)9-8-12(16-15)14(19)11-6-4-3-5-7-11/h3-10H,1-2H3,(H,22,23). The van der Waals surface area contributed by atoms with Gasteiger partial charge in [-0.3, -0.25) is 19.5 Å². The van der Waals surface area contributed by atoms with E-state index in [0.29, 0.717) is 5.56 Å². The van der Waals surface area contributed by atoms with Crippen molar-refractivity contribution in [2.75, 3.05) is 4.31 Å². The number of ketones is 1. The second-order valence-corrected chi connectivity index (χ2v) is 6.00. The molecule has 0 bridgehead atoms. The Bertz CT molecular complexity index is 795. The summed E-state index contributed by atoms with van der Waals surface area (Å²) in [6.07, 6.45) is 0. The van der Waals surface area contributed by atoms with Crippen molar-refractivity contribution in [2.24, 2.45) is 0 Å². The van der Waals surface area contributed by atoms with Crippen LogP contribution in [-0.4, -0.2) is 30.5 Å². The molecule has 0 aliphatic carbocycles. The SMILES string of the molecule is CC(C)N(c1nc(C(=O)c2ccccc2)ccc1[N+](=O)[O-])S(=O)O. The Hall–Kier alpha value is -2.65. The first-order chi connectivity index (χ1) is 11.3. The van der Waals surface area contributed by atoms with Crippen LogP contribution in [0.5, 0.6) is 0 Å². The lowest BCUT2D eigenvalue weighted by Gasteiger charge is -2.22. The van der Waals surface area contributed by atoms with E-state index in [1.165, 1.54) is 6.07 Å². The van der Waals surface area contributed by atoms with Crippen LogP contribution in [0.2, 0.25) is 0 Å². The predicted octanol–water partition coefficient (Wildman–Crippen LogP) is 2.57. The van der Waals surface area contributed by atoms with E-state index in [4.69, 9.17) is 0 Å². The highest BCUT2D eigenvalue weighted by Crippen LogP contribution is 2.29. The molecule has 1 aromatic heterocycles. The number of benzene rings is 1. The molecule has 1 unspecified atom stereocenters. The third-order valence-corrected chi connectivity index (χ3v) is 4.10. The number of rotatable bonds is 6. The van der Waals surface area contributed by atoms with Gasteiger partial charge >= 0.3 is 5.69 Å². The van der Waals surface area contributed by atoms with E-state index in [-0.39, 0.29) is 11.5 Å². The van der Waals surface area contributed by atoms with Crippen molar-refractivity contribution < 1.29 is 18.5 Å². The molecule has 0 amide bonds. The van der Waals surface area contributed by atoms with Gasteiger partial charge in [-0.1, -0.05) is 30.3 Å². The maximum Gasteiger partial charge on any atom is 0.312 e. The van der Waals surface area contributed by atoms with Crippen molar-refractivity contribution in [1.29, 1.82) is 0 Å². The number of carbonyl (C=O) groups excluding carboxylic acids is 1. The second-order valence-electron chi connectivity index (χ2n) is 5.14. The van der Waals surface area contributed by atoms with Crippen LogP contribution < -0.4 is 4.31 Å². The summed E-state index contributed by atoms with van der Waals surface area (Å²) in [6, 6.07) is 10.1. The molecule has 9 heteroatoms. The summed E-state index contributed by atoms with van der Waals surface area (Å²) in [5.74, 6) is -0.753. The number of aromatic nitrogens is 1. The van der Waals surface area contributed by atoms with Crippen LogP contribution in [0.15, 0.2) is 42.5 Å². The first kappa shape index (κ1) is 17.7. The van der Waals surface area contributed by atoms with E-state index < -0.39 is 33.7 Å². The minimum absolute atomic E-state index is 0.0436. The van der Waals surface area contributed by atoms with Crippen molar-refractivity contribution in [2.45, 2.75) is 19.9 Å². The molecule has 1 aromatic carbocycles. The van der Waals surface area contributed by atoms with Crippen molar-refractivity contribution in [3.05, 3.63) is 63.8 Å². The fraction of sp³-hybridized carbons (Fsp3) is 0.200. The molecule has 24 heavy (non-hydrogen) atoms. The fourth-order valence-corrected chi connectivity index (χ4v) is 2.75. The van der Waals surface area contributed by atoms with Gasteiger partial charge in [0.05, 0.1) is 4.92 Å². The average molecular weight is 349 g/mol. The number of nitro groups is 1. The van der Waals surface area contributed by atoms with E-state index in [2.05, 4.69) is 4.98 Å². The van der Waals surface area contributed by atoms with Gasteiger partial charge in [0.1, 0.15) is 5.69 Å². The van der Waals surface area contributed by atoms with Crippen LogP contribution in [0.3, 0.4) is 0 Å². The molecular formula is C15H15N3O5S. The van der Waals surface area contributed by atoms with Crippen LogP contribution in [0.1, 0.15) is 29.9 Å². The summed E-state index contributed by atoms with van der Waals surface area (Å²) >= 11 is -2.52. The Morgan fingerprint density at radius 1 is 1.25 bits per heavy atom. The molecule has 0 radical (unpaired) electrons. The number of pyridine rings is 1. The summed E-state index contributed by atoms with van der Waals surface area (Å²) in [5, 5.41) is 11.2. The van der Waals surface area contributed by atoms with Gasteiger partial charge in [-0.05, 0) is 19.9 Å². The molecule has 1 N–H and O–H groups in total. The van der Waals surface area contributed by atoms with E-state index in [1.807, 2.05) is 0 Å². The van der Waals surface area contributed by atoms with Crippen LogP contribution in [0.4, 0.5) is 11.5 Å². The lowest BCUT2D eigenvalue weighted by molar-refractivity contribution is -0.384. The molecule has 1 heterocycles. The average Bonchev–Trinajstić information content (AvgIpc) is 2.54. The van der Waals surface area contributed by atoms with Gasteiger partial charge in [-0.25, -0.2) is 13.5 Å². The van der Waals surface area contributed by atoms with Crippen molar-refractivity contribution in [1.82, 2.24) is 4.98 Å². The van der Waals surface area contributed by atoms with E-state index in [1.54, 1.807) is 44.2 Å². The molecule has 2 aromatic rings. The van der Waals surface area contributed by atoms with Crippen molar-refractivity contribution >= 4 is 28.6 Å². The van der Waals surface area contributed by atoms with E-state index >= 15 is 0 Å². The van der Waals surface area contributed by atoms with Gasteiger partial charge in [0.2, 0.25) is 11.6 Å². The highest BCUT2D eigenvalue weighted by atomic mass is 32.2. The van der Waals surface area contributed by atoms with Gasteiger partial charge in [0.15, 0.2) is 0 Å². The molecule has 8 nitrogen and oxygen atoms in total. The molecule has 0 aliphatic rings. The summed E-state index contributed by atoms with van der Waals surface area (Å²) in [6.45, 7) is 3.18. The zero-order chi connectivity index (χ0) is 17.9. The molecule has 0 fully saturated rings. The van der Waals surface area contributed by atoms with Crippen LogP contribution in [0.25, 0.3) is 0 Å². The number of nitrogens with zero attached hydrogens (tertiary/aromatic N) is 3. The van der Waals surface area contributed by atoms with Gasteiger partial charge in [-0.15, -0.1) is 0 Å². The largest absolute Gasteiger partial charge is 0.312 e. The Morgan fingerprint density at radius 2 is 1.88 bits per heavy atom. The lowest BCUT2D eigenvalue weighted by atomic mass is 10.1. The molecule has 2 rings (SSSR count). The summed E-state index contributed by atoms with van der Waals surface area (Å²) in [7, 11) is 0. The zero-order valence-corrected chi connectivity index (χ0v) is 13.8. The lowest BCUT2D eigenvalue weighted by Crippen LogP contribution is -2.34. The Balaban J connectivity index is 2.58. The number of anilines is 1. The molecule has 0 aliphatic heterocycles. The number of hydrogen-bond acceptors (Lipinski definition) is 5. The van der Waals surface area contributed by atoms with Crippen molar-refractivity contribution in [3.8, 4) is 0 Å². The Kier molecular flexibility index (Phi) is 5.37. The topological polar surface area (TPSA) is 114 Å². The second kappa shape index (κ2) is 7.28. The summed E-state index contributed by atoms with van der Waals surface area (Å²) in [5.41, 5.74) is -0.125. The maximum atomic E-state index is 12.5. The van der Waals surface area contributed by atoms with Crippen LogP contribution >= 0.6 is 0 Å². The normalized spacial score (nSPS) is 12.0. The molecular weight excluding hydrogens is 334 g/mol. The maximum absolute atomic E-state index is 12.5. The number of hydrogen-bond donors (Lipinski definition) is 1. The smallest absolute Gasteiger partial charge is 0.289 e. The molecule has 1 atom stereocenters. The highest BCUT2D eigenvalue weighted by Gasteiger charge is 2.28. The van der Waals surface area contributed by atoms with Crippen LogP contribution in [0, 0.1) is 10.1 Å².